The van der Waals surface area contributed by atoms with Gasteiger partial charge in [-0.3, -0.25) is 5.32 Å². The molecule has 2 aromatic rings. The molecule has 2 amide bonds. The molecule has 1 aromatic carbocycles. The average Bonchev–Trinajstić information content (AvgIpc) is 2.82. The van der Waals surface area contributed by atoms with Crippen molar-refractivity contribution < 1.29 is 4.79 Å². The molecular formula is C17H21N3OS. The van der Waals surface area contributed by atoms with Crippen LogP contribution in [0.15, 0.2) is 24.3 Å². The SMILES string of the molecule is Cc1ccc(NC(=O)Nc2nc3c(s2)CCCCCC3)cc1. The Morgan fingerprint density at radius 1 is 1.05 bits per heavy atom. The van der Waals surface area contributed by atoms with Gasteiger partial charge in [0.1, 0.15) is 0 Å². The first-order chi connectivity index (χ1) is 10.7. The number of thiazole rings is 1. The van der Waals surface area contributed by atoms with E-state index in [9.17, 15) is 4.79 Å². The number of anilines is 2. The lowest BCUT2D eigenvalue weighted by Gasteiger charge is -2.06. The van der Waals surface area contributed by atoms with Crippen molar-refractivity contribution in [2.45, 2.75) is 45.4 Å². The van der Waals surface area contributed by atoms with E-state index in [1.54, 1.807) is 11.3 Å². The van der Waals surface area contributed by atoms with Crippen LogP contribution < -0.4 is 10.6 Å². The molecule has 0 saturated heterocycles. The van der Waals surface area contributed by atoms with Crippen molar-refractivity contribution in [3.8, 4) is 0 Å². The van der Waals surface area contributed by atoms with Crippen LogP contribution in [0.1, 0.15) is 41.8 Å². The Morgan fingerprint density at radius 3 is 2.55 bits per heavy atom. The lowest BCUT2D eigenvalue weighted by Crippen LogP contribution is -2.19. The second-order valence-corrected chi connectivity index (χ2v) is 6.83. The summed E-state index contributed by atoms with van der Waals surface area (Å²) >= 11 is 1.62. The summed E-state index contributed by atoms with van der Waals surface area (Å²) in [5.74, 6) is 0. The Balaban J connectivity index is 1.63. The maximum Gasteiger partial charge on any atom is 0.325 e. The number of benzene rings is 1. The van der Waals surface area contributed by atoms with Gasteiger partial charge in [0.25, 0.3) is 0 Å². The second kappa shape index (κ2) is 6.92. The van der Waals surface area contributed by atoms with Crippen LogP contribution in [-0.4, -0.2) is 11.0 Å². The van der Waals surface area contributed by atoms with Gasteiger partial charge >= 0.3 is 6.03 Å². The minimum Gasteiger partial charge on any atom is -0.308 e. The van der Waals surface area contributed by atoms with Gasteiger partial charge in [-0.25, -0.2) is 9.78 Å². The van der Waals surface area contributed by atoms with Gasteiger partial charge < -0.3 is 5.32 Å². The van der Waals surface area contributed by atoms with Crippen molar-refractivity contribution in [2.75, 3.05) is 10.6 Å². The van der Waals surface area contributed by atoms with Gasteiger partial charge in [0, 0.05) is 10.6 Å². The fourth-order valence-corrected chi connectivity index (χ4v) is 3.70. The van der Waals surface area contributed by atoms with Crippen LogP contribution >= 0.6 is 11.3 Å². The minimum absolute atomic E-state index is 0.231. The van der Waals surface area contributed by atoms with E-state index in [0.717, 1.165) is 18.5 Å². The molecule has 1 aliphatic rings. The molecule has 5 heteroatoms. The number of fused-ring (bicyclic) bond motifs is 1. The number of urea groups is 1. The first-order valence-corrected chi connectivity index (χ1v) is 8.65. The first-order valence-electron chi connectivity index (χ1n) is 7.84. The third-order valence-electron chi connectivity index (χ3n) is 3.88. The number of carbonyl (C=O) groups excluding carboxylic acids is 1. The van der Waals surface area contributed by atoms with Crippen molar-refractivity contribution in [2.24, 2.45) is 0 Å². The Kier molecular flexibility index (Phi) is 4.73. The Labute approximate surface area is 135 Å². The molecule has 1 heterocycles. The third-order valence-corrected chi connectivity index (χ3v) is 4.95. The number of nitrogens with one attached hydrogen (secondary N) is 2. The number of nitrogens with zero attached hydrogens (tertiary/aromatic N) is 1. The van der Waals surface area contributed by atoms with Crippen LogP contribution in [-0.2, 0) is 12.8 Å². The molecule has 0 fully saturated rings. The molecule has 0 atom stereocenters. The highest BCUT2D eigenvalue weighted by Crippen LogP contribution is 2.28. The number of carbonyl (C=O) groups is 1. The molecule has 22 heavy (non-hydrogen) atoms. The Hall–Kier alpha value is -1.88. The fourth-order valence-electron chi connectivity index (χ4n) is 2.66. The highest BCUT2D eigenvalue weighted by molar-refractivity contribution is 7.15. The van der Waals surface area contributed by atoms with Gasteiger partial charge in [-0.1, -0.05) is 30.5 Å². The molecule has 0 radical (unpaired) electrons. The molecule has 1 aliphatic carbocycles. The van der Waals surface area contributed by atoms with E-state index in [1.165, 1.54) is 41.8 Å². The Morgan fingerprint density at radius 2 is 1.77 bits per heavy atom. The van der Waals surface area contributed by atoms with E-state index < -0.39 is 0 Å². The second-order valence-electron chi connectivity index (χ2n) is 5.75. The molecule has 0 unspecified atom stereocenters. The summed E-state index contributed by atoms with van der Waals surface area (Å²) in [6.45, 7) is 2.02. The van der Waals surface area contributed by atoms with Crippen LogP contribution in [0.25, 0.3) is 0 Å². The van der Waals surface area contributed by atoms with Crippen molar-refractivity contribution >= 4 is 28.2 Å². The third kappa shape index (κ3) is 3.85. The molecular weight excluding hydrogens is 294 g/mol. The van der Waals surface area contributed by atoms with Crippen LogP contribution in [0.4, 0.5) is 15.6 Å². The molecule has 0 spiro atoms. The topological polar surface area (TPSA) is 54.0 Å². The smallest absolute Gasteiger partial charge is 0.308 e. The van der Waals surface area contributed by atoms with Gasteiger partial charge in [0.05, 0.1) is 5.69 Å². The minimum atomic E-state index is -0.231. The zero-order chi connectivity index (χ0) is 15.4. The molecule has 2 N–H and O–H groups in total. The van der Waals surface area contributed by atoms with Crippen molar-refractivity contribution in [3.05, 3.63) is 40.4 Å². The number of aryl methyl sites for hydroxylation is 3. The molecule has 0 aliphatic heterocycles. The van der Waals surface area contributed by atoms with Gasteiger partial charge in [0.15, 0.2) is 5.13 Å². The predicted octanol–water partition coefficient (Wildman–Crippen LogP) is 4.75. The molecule has 116 valence electrons. The van der Waals surface area contributed by atoms with E-state index in [0.29, 0.717) is 5.13 Å². The summed E-state index contributed by atoms with van der Waals surface area (Å²) in [5, 5.41) is 6.40. The van der Waals surface area contributed by atoms with Crippen LogP contribution in [0.3, 0.4) is 0 Å². The molecule has 0 bridgehead atoms. The van der Waals surface area contributed by atoms with Crippen LogP contribution in [0.2, 0.25) is 0 Å². The summed E-state index contributed by atoms with van der Waals surface area (Å²) in [6.07, 6.45) is 7.14. The van der Waals surface area contributed by atoms with E-state index in [4.69, 9.17) is 0 Å². The highest BCUT2D eigenvalue weighted by Gasteiger charge is 2.14. The average molecular weight is 315 g/mol. The summed E-state index contributed by atoms with van der Waals surface area (Å²) in [4.78, 5) is 18.0. The summed E-state index contributed by atoms with van der Waals surface area (Å²) in [7, 11) is 0. The number of hydrogen-bond acceptors (Lipinski definition) is 3. The van der Waals surface area contributed by atoms with Gasteiger partial charge in [-0.2, -0.15) is 0 Å². The zero-order valence-electron chi connectivity index (χ0n) is 12.8. The monoisotopic (exact) mass is 315 g/mol. The van der Waals surface area contributed by atoms with E-state index >= 15 is 0 Å². The highest BCUT2D eigenvalue weighted by atomic mass is 32.1. The number of aromatic nitrogens is 1. The van der Waals surface area contributed by atoms with Crippen LogP contribution in [0.5, 0.6) is 0 Å². The van der Waals surface area contributed by atoms with Gasteiger partial charge in [0.2, 0.25) is 0 Å². The molecule has 1 aromatic heterocycles. The first kappa shape index (κ1) is 15.0. The molecule has 0 saturated carbocycles. The number of hydrogen-bond donors (Lipinski definition) is 2. The van der Waals surface area contributed by atoms with Crippen molar-refractivity contribution in [1.82, 2.24) is 4.98 Å². The normalized spacial score (nSPS) is 14.6. The Bertz CT molecular complexity index is 623. The summed E-state index contributed by atoms with van der Waals surface area (Å²) in [5.41, 5.74) is 3.14. The summed E-state index contributed by atoms with van der Waals surface area (Å²) < 4.78 is 0. The van der Waals surface area contributed by atoms with E-state index in [-0.39, 0.29) is 6.03 Å². The van der Waals surface area contributed by atoms with Crippen molar-refractivity contribution in [3.63, 3.8) is 0 Å². The number of rotatable bonds is 2. The largest absolute Gasteiger partial charge is 0.325 e. The standard InChI is InChI=1S/C17H21N3OS/c1-12-8-10-13(11-9-12)18-16(21)20-17-19-14-6-4-2-3-5-7-15(14)22-17/h8-11H,2-7H2,1H3,(H2,18,19,20,21). The van der Waals surface area contributed by atoms with E-state index in [1.807, 2.05) is 31.2 Å². The van der Waals surface area contributed by atoms with Gasteiger partial charge in [-0.15, -0.1) is 11.3 Å². The fraction of sp³-hybridized carbons (Fsp3) is 0.412. The van der Waals surface area contributed by atoms with E-state index in [2.05, 4.69) is 15.6 Å². The quantitative estimate of drug-likeness (QED) is 0.840. The number of amides is 2. The van der Waals surface area contributed by atoms with Crippen LogP contribution in [0, 0.1) is 6.92 Å². The zero-order valence-corrected chi connectivity index (χ0v) is 13.6. The van der Waals surface area contributed by atoms with Gasteiger partial charge in [-0.05, 0) is 44.7 Å². The summed E-state index contributed by atoms with van der Waals surface area (Å²) in [6, 6.07) is 7.52. The molecule has 3 rings (SSSR count). The lowest BCUT2D eigenvalue weighted by atomic mass is 10.0. The van der Waals surface area contributed by atoms with Crippen molar-refractivity contribution in [1.29, 1.82) is 0 Å². The lowest BCUT2D eigenvalue weighted by molar-refractivity contribution is 0.262. The maximum atomic E-state index is 12.1. The maximum absolute atomic E-state index is 12.1. The molecule has 4 nitrogen and oxygen atoms in total. The predicted molar refractivity (Wildman–Crippen MR) is 91.8 cm³/mol.